The molecule has 0 saturated carbocycles. The summed E-state index contributed by atoms with van der Waals surface area (Å²) in [6, 6.07) is 1.73. The lowest BCUT2D eigenvalue weighted by molar-refractivity contribution is -0.171. The zero-order valence-corrected chi connectivity index (χ0v) is 9.18. The van der Waals surface area contributed by atoms with Crippen molar-refractivity contribution in [1.82, 2.24) is 4.90 Å². The Balaban J connectivity index is 2.22. The Kier molecular flexibility index (Phi) is 2.92. The van der Waals surface area contributed by atoms with Gasteiger partial charge in [0, 0.05) is 0 Å². The SMILES string of the molecule is CCC(CC#N)N1C(=O)C2CCC(O2)C1=O. The van der Waals surface area contributed by atoms with Crippen molar-refractivity contribution >= 4 is 11.8 Å². The number of likely N-dealkylation sites (tertiary alicyclic amines) is 1. The van der Waals surface area contributed by atoms with E-state index in [1.165, 1.54) is 4.90 Å². The highest BCUT2D eigenvalue weighted by Gasteiger charge is 2.48. The maximum atomic E-state index is 11.9. The molecule has 2 amide bonds. The van der Waals surface area contributed by atoms with E-state index in [2.05, 4.69) is 0 Å². The summed E-state index contributed by atoms with van der Waals surface area (Å²) in [5, 5.41) is 8.69. The molecule has 2 aliphatic rings. The molecular weight excluding hydrogens is 208 g/mol. The van der Waals surface area contributed by atoms with Crippen LogP contribution < -0.4 is 0 Å². The average Bonchev–Trinajstić information content (AvgIpc) is 2.72. The standard InChI is InChI=1S/C11H14N2O3/c1-2-7(5-6-12)13-10(14)8-3-4-9(16-8)11(13)15/h7-9H,2-5H2,1H3. The predicted octanol–water partition coefficient (Wildman–Crippen LogP) is 0.595. The number of carbonyl (C=O) groups is 2. The van der Waals surface area contributed by atoms with Crippen LogP contribution in [-0.4, -0.2) is 35.0 Å². The summed E-state index contributed by atoms with van der Waals surface area (Å²) in [5.74, 6) is -0.526. The molecule has 5 heteroatoms. The first-order valence-electron chi connectivity index (χ1n) is 5.58. The van der Waals surface area contributed by atoms with Gasteiger partial charge < -0.3 is 4.74 Å². The number of rotatable bonds is 3. The van der Waals surface area contributed by atoms with Gasteiger partial charge in [0.25, 0.3) is 11.8 Å². The lowest BCUT2D eigenvalue weighted by Crippen LogP contribution is -2.55. The molecule has 16 heavy (non-hydrogen) atoms. The number of ether oxygens (including phenoxy) is 1. The second-order valence-corrected chi connectivity index (χ2v) is 4.16. The van der Waals surface area contributed by atoms with E-state index in [1.807, 2.05) is 13.0 Å². The second-order valence-electron chi connectivity index (χ2n) is 4.16. The molecule has 2 saturated heterocycles. The third-order valence-electron chi connectivity index (χ3n) is 3.21. The number of nitriles is 1. The highest BCUT2D eigenvalue weighted by Crippen LogP contribution is 2.30. The molecule has 2 rings (SSSR count). The van der Waals surface area contributed by atoms with E-state index < -0.39 is 12.2 Å². The molecule has 2 heterocycles. The molecule has 0 spiro atoms. The molecule has 86 valence electrons. The molecule has 5 nitrogen and oxygen atoms in total. The summed E-state index contributed by atoms with van der Waals surface area (Å²) in [5.41, 5.74) is 0. The van der Waals surface area contributed by atoms with Crippen LogP contribution in [0.3, 0.4) is 0 Å². The lowest BCUT2D eigenvalue weighted by Gasteiger charge is -2.34. The molecule has 2 bridgehead atoms. The van der Waals surface area contributed by atoms with Crippen LogP contribution in [0.5, 0.6) is 0 Å². The Morgan fingerprint density at radius 2 is 2.00 bits per heavy atom. The number of imide groups is 1. The van der Waals surface area contributed by atoms with Crippen molar-refractivity contribution in [3.05, 3.63) is 0 Å². The van der Waals surface area contributed by atoms with Gasteiger partial charge in [-0.25, -0.2) is 0 Å². The van der Waals surface area contributed by atoms with Crippen LogP contribution in [0.15, 0.2) is 0 Å². The molecule has 2 aliphatic heterocycles. The van der Waals surface area contributed by atoms with Crippen LogP contribution in [0.2, 0.25) is 0 Å². The second kappa shape index (κ2) is 4.22. The molecule has 3 atom stereocenters. The van der Waals surface area contributed by atoms with Crippen LogP contribution >= 0.6 is 0 Å². The summed E-state index contributed by atoms with van der Waals surface area (Å²) in [6.45, 7) is 1.87. The summed E-state index contributed by atoms with van der Waals surface area (Å²) in [4.78, 5) is 25.1. The van der Waals surface area contributed by atoms with Crippen LogP contribution in [-0.2, 0) is 14.3 Å². The van der Waals surface area contributed by atoms with Crippen molar-refractivity contribution in [2.45, 2.75) is 50.9 Å². The Morgan fingerprint density at radius 3 is 2.44 bits per heavy atom. The van der Waals surface area contributed by atoms with Crippen molar-refractivity contribution in [1.29, 1.82) is 5.26 Å². The maximum absolute atomic E-state index is 11.9. The number of carbonyl (C=O) groups excluding carboxylic acids is 2. The molecule has 0 N–H and O–H groups in total. The number of hydrogen-bond acceptors (Lipinski definition) is 4. The van der Waals surface area contributed by atoms with Gasteiger partial charge in [0.1, 0.15) is 12.2 Å². The first-order valence-corrected chi connectivity index (χ1v) is 5.58. The number of fused-ring (bicyclic) bond motifs is 2. The largest absolute Gasteiger partial charge is 0.355 e. The molecule has 0 aromatic rings. The molecule has 0 aliphatic carbocycles. The van der Waals surface area contributed by atoms with Crippen molar-refractivity contribution in [3.63, 3.8) is 0 Å². The van der Waals surface area contributed by atoms with Gasteiger partial charge in [0.05, 0.1) is 18.5 Å². The van der Waals surface area contributed by atoms with E-state index in [9.17, 15) is 9.59 Å². The summed E-state index contributed by atoms with van der Waals surface area (Å²) in [7, 11) is 0. The molecule has 0 radical (unpaired) electrons. The van der Waals surface area contributed by atoms with Gasteiger partial charge in [0.15, 0.2) is 0 Å². The van der Waals surface area contributed by atoms with Gasteiger partial charge in [-0.15, -0.1) is 0 Å². The van der Waals surface area contributed by atoms with E-state index in [1.54, 1.807) is 0 Å². The number of amides is 2. The van der Waals surface area contributed by atoms with E-state index in [0.29, 0.717) is 19.3 Å². The van der Waals surface area contributed by atoms with E-state index >= 15 is 0 Å². The Morgan fingerprint density at radius 1 is 1.44 bits per heavy atom. The summed E-state index contributed by atoms with van der Waals surface area (Å²) in [6.07, 6.45) is 1.13. The maximum Gasteiger partial charge on any atom is 0.258 e. The van der Waals surface area contributed by atoms with Crippen LogP contribution in [0.1, 0.15) is 32.6 Å². The predicted molar refractivity (Wildman–Crippen MR) is 54.1 cm³/mol. The van der Waals surface area contributed by atoms with Gasteiger partial charge in [-0.2, -0.15) is 5.26 Å². The van der Waals surface area contributed by atoms with Crippen molar-refractivity contribution in [2.24, 2.45) is 0 Å². The first-order chi connectivity index (χ1) is 7.69. The smallest absolute Gasteiger partial charge is 0.258 e. The summed E-state index contributed by atoms with van der Waals surface area (Å²) >= 11 is 0. The lowest BCUT2D eigenvalue weighted by atomic mass is 10.1. The van der Waals surface area contributed by atoms with E-state index in [0.717, 1.165) is 0 Å². The minimum Gasteiger partial charge on any atom is -0.355 e. The normalized spacial score (nSPS) is 30.4. The third kappa shape index (κ3) is 1.59. The van der Waals surface area contributed by atoms with E-state index in [-0.39, 0.29) is 24.3 Å². The van der Waals surface area contributed by atoms with E-state index in [4.69, 9.17) is 10.00 Å². The molecule has 0 aromatic carbocycles. The Labute approximate surface area is 94.0 Å². The monoisotopic (exact) mass is 222 g/mol. The summed E-state index contributed by atoms with van der Waals surface area (Å²) < 4.78 is 5.30. The van der Waals surface area contributed by atoms with Gasteiger partial charge in [-0.1, -0.05) is 6.92 Å². The average molecular weight is 222 g/mol. The minimum absolute atomic E-state index is 0.202. The number of morpholine rings is 1. The highest BCUT2D eigenvalue weighted by atomic mass is 16.5. The van der Waals surface area contributed by atoms with Gasteiger partial charge in [-0.05, 0) is 19.3 Å². The van der Waals surface area contributed by atoms with Gasteiger partial charge in [0.2, 0.25) is 0 Å². The highest BCUT2D eigenvalue weighted by molar-refractivity contribution is 6.02. The topological polar surface area (TPSA) is 70.4 Å². The number of nitrogens with zero attached hydrogens (tertiary/aromatic N) is 2. The van der Waals surface area contributed by atoms with Crippen LogP contribution in [0.4, 0.5) is 0 Å². The minimum atomic E-state index is -0.463. The van der Waals surface area contributed by atoms with Crippen LogP contribution in [0.25, 0.3) is 0 Å². The fourth-order valence-electron chi connectivity index (χ4n) is 2.30. The van der Waals surface area contributed by atoms with Crippen molar-refractivity contribution in [2.75, 3.05) is 0 Å². The van der Waals surface area contributed by atoms with Gasteiger partial charge >= 0.3 is 0 Å². The quantitative estimate of drug-likeness (QED) is 0.655. The Bertz CT molecular complexity index is 339. The van der Waals surface area contributed by atoms with Gasteiger partial charge in [-0.3, -0.25) is 14.5 Å². The zero-order chi connectivity index (χ0) is 11.7. The molecule has 2 fully saturated rings. The molecule has 3 unspecified atom stereocenters. The third-order valence-corrected chi connectivity index (χ3v) is 3.21. The fourth-order valence-corrected chi connectivity index (χ4v) is 2.30. The molecule has 0 aromatic heterocycles. The number of hydrogen-bond donors (Lipinski definition) is 0. The fraction of sp³-hybridized carbons (Fsp3) is 0.727. The Hall–Kier alpha value is -1.41. The first kappa shape index (κ1) is 11.1. The zero-order valence-electron chi connectivity index (χ0n) is 9.18. The van der Waals surface area contributed by atoms with Crippen LogP contribution in [0, 0.1) is 11.3 Å². The molecular formula is C11H14N2O3. The van der Waals surface area contributed by atoms with Crippen molar-refractivity contribution in [3.8, 4) is 6.07 Å². The van der Waals surface area contributed by atoms with Crippen molar-refractivity contribution < 1.29 is 14.3 Å².